The van der Waals surface area contributed by atoms with Crippen LogP contribution in [0.5, 0.6) is 0 Å². The molecule has 0 aliphatic heterocycles. The van der Waals surface area contributed by atoms with Crippen LogP contribution in [0.25, 0.3) is 22.2 Å². The van der Waals surface area contributed by atoms with Crippen molar-refractivity contribution >= 4 is 40.1 Å². The molecule has 3 aromatic heterocycles. The summed E-state index contributed by atoms with van der Waals surface area (Å²) < 4.78 is 1.45. The highest BCUT2D eigenvalue weighted by atomic mass is 16.1. The van der Waals surface area contributed by atoms with E-state index in [9.17, 15) is 4.79 Å². The molecule has 0 spiro atoms. The molecule has 0 atom stereocenters. The van der Waals surface area contributed by atoms with Crippen LogP contribution in [-0.4, -0.2) is 38.3 Å². The maximum Gasteiger partial charge on any atom is 0.257 e. The van der Waals surface area contributed by atoms with Gasteiger partial charge in [-0.05, 0) is 30.2 Å². The van der Waals surface area contributed by atoms with E-state index in [1.54, 1.807) is 18.6 Å². The highest BCUT2D eigenvalue weighted by molar-refractivity contribution is 6.10. The highest BCUT2D eigenvalue weighted by Gasteiger charge is 2.23. The van der Waals surface area contributed by atoms with Crippen LogP contribution >= 0.6 is 0 Å². The van der Waals surface area contributed by atoms with Gasteiger partial charge >= 0.3 is 0 Å². The lowest BCUT2D eigenvalue weighted by Crippen LogP contribution is -2.26. The second-order valence-corrected chi connectivity index (χ2v) is 7.48. The van der Waals surface area contributed by atoms with E-state index in [2.05, 4.69) is 15.4 Å². The molecular weight excluding hydrogens is 414 g/mol. The number of nitrogen functional groups attached to an aromatic ring is 1. The quantitative estimate of drug-likeness (QED) is 0.397. The average molecular weight is 435 g/mol. The largest absolute Gasteiger partial charge is 0.383 e. The number of aromatic nitrogens is 4. The molecule has 5 aromatic rings. The topological polar surface area (TPSA) is 111 Å². The number of carbonyl (C=O) groups excluding carboxylic acids is 1. The second kappa shape index (κ2) is 8.88. The molecule has 0 saturated carbocycles. The van der Waals surface area contributed by atoms with Crippen LogP contribution in [0.4, 0.5) is 5.82 Å². The summed E-state index contributed by atoms with van der Waals surface area (Å²) in [6.45, 7) is 0.467. The molecule has 162 valence electrons. The molecule has 0 aliphatic carbocycles. The number of carbonyl (C=O) groups is 1. The summed E-state index contributed by atoms with van der Waals surface area (Å²) in [7, 11) is 0. The van der Waals surface area contributed by atoms with Crippen LogP contribution in [0.15, 0.2) is 84.2 Å². The van der Waals surface area contributed by atoms with Crippen LogP contribution in [0.3, 0.4) is 0 Å². The molecule has 0 saturated heterocycles. The van der Waals surface area contributed by atoms with Gasteiger partial charge in [0.1, 0.15) is 16.9 Å². The Morgan fingerprint density at radius 2 is 1.76 bits per heavy atom. The van der Waals surface area contributed by atoms with Crippen LogP contribution in [0.1, 0.15) is 21.5 Å². The number of rotatable bonds is 6. The van der Waals surface area contributed by atoms with Gasteiger partial charge in [0.15, 0.2) is 5.65 Å². The van der Waals surface area contributed by atoms with Gasteiger partial charge in [-0.25, -0.2) is 9.97 Å². The molecule has 0 radical (unpaired) electrons. The zero-order valence-corrected chi connectivity index (χ0v) is 17.7. The third-order valence-corrected chi connectivity index (χ3v) is 5.25. The number of fused-ring (bicyclic) bond motifs is 2. The number of hydrogen-bond donors (Lipinski definition) is 2. The van der Waals surface area contributed by atoms with Gasteiger partial charge in [-0.3, -0.25) is 9.78 Å². The molecule has 8 heteroatoms. The van der Waals surface area contributed by atoms with Gasteiger partial charge in [-0.1, -0.05) is 48.5 Å². The Balaban J connectivity index is 1.54. The Morgan fingerprint density at radius 3 is 2.52 bits per heavy atom. The van der Waals surface area contributed by atoms with Crippen molar-refractivity contribution in [3.8, 4) is 0 Å². The smallest absolute Gasteiger partial charge is 0.257 e. The summed E-state index contributed by atoms with van der Waals surface area (Å²) in [5, 5.41) is 7.44. The molecule has 3 N–H and O–H groups in total. The second-order valence-electron chi connectivity index (χ2n) is 7.48. The van der Waals surface area contributed by atoms with Crippen molar-refractivity contribution in [3.05, 3.63) is 95.8 Å². The number of pyridine rings is 1. The fourth-order valence-corrected chi connectivity index (χ4v) is 3.62. The molecule has 5 rings (SSSR count). The minimum absolute atomic E-state index is 0.178. The number of para-hydroxylation sites is 2. The van der Waals surface area contributed by atoms with Crippen molar-refractivity contribution in [3.63, 3.8) is 0 Å². The molecular formula is C25H21N7O. The lowest BCUT2D eigenvalue weighted by Gasteiger charge is -2.05. The fourth-order valence-electron chi connectivity index (χ4n) is 3.62. The van der Waals surface area contributed by atoms with Crippen molar-refractivity contribution in [2.24, 2.45) is 5.10 Å². The highest BCUT2D eigenvalue weighted by Crippen LogP contribution is 2.27. The molecule has 2 aromatic carbocycles. The zero-order chi connectivity index (χ0) is 22.6. The molecule has 0 aliphatic rings. The van der Waals surface area contributed by atoms with Crippen molar-refractivity contribution in [2.45, 2.75) is 6.42 Å². The summed E-state index contributed by atoms with van der Waals surface area (Å²) in [5.41, 5.74) is 10.8. The Bertz CT molecular complexity index is 1460. The van der Waals surface area contributed by atoms with E-state index in [-0.39, 0.29) is 17.3 Å². The van der Waals surface area contributed by atoms with Gasteiger partial charge in [0, 0.05) is 24.5 Å². The molecule has 8 nitrogen and oxygen atoms in total. The predicted octanol–water partition coefficient (Wildman–Crippen LogP) is 3.42. The summed E-state index contributed by atoms with van der Waals surface area (Å²) in [6.07, 6.45) is 5.70. The first-order valence-corrected chi connectivity index (χ1v) is 10.5. The van der Waals surface area contributed by atoms with Crippen molar-refractivity contribution in [1.82, 2.24) is 24.9 Å². The van der Waals surface area contributed by atoms with E-state index in [1.165, 1.54) is 4.68 Å². The number of nitrogens with two attached hydrogens (primary N) is 1. The maximum atomic E-state index is 13.2. The Morgan fingerprint density at radius 1 is 1.00 bits per heavy atom. The summed E-state index contributed by atoms with van der Waals surface area (Å²) >= 11 is 0. The van der Waals surface area contributed by atoms with Gasteiger partial charge in [-0.2, -0.15) is 9.78 Å². The predicted molar refractivity (Wildman–Crippen MR) is 129 cm³/mol. The number of benzene rings is 2. The molecule has 0 unspecified atom stereocenters. The Kier molecular flexibility index (Phi) is 5.47. The van der Waals surface area contributed by atoms with Crippen molar-refractivity contribution < 1.29 is 4.79 Å². The first kappa shape index (κ1) is 20.3. The van der Waals surface area contributed by atoms with Gasteiger partial charge in [-0.15, -0.1) is 0 Å². The van der Waals surface area contributed by atoms with Crippen LogP contribution in [-0.2, 0) is 6.42 Å². The minimum Gasteiger partial charge on any atom is -0.383 e. The number of hydrogen-bond acceptors (Lipinski definition) is 6. The van der Waals surface area contributed by atoms with E-state index in [4.69, 9.17) is 15.7 Å². The maximum absolute atomic E-state index is 13.2. The van der Waals surface area contributed by atoms with Gasteiger partial charge in [0.2, 0.25) is 0 Å². The van der Waals surface area contributed by atoms with E-state index >= 15 is 0 Å². The van der Waals surface area contributed by atoms with E-state index in [0.717, 1.165) is 11.1 Å². The number of anilines is 1. The number of nitrogens with one attached hydrogen (secondary N) is 1. The minimum atomic E-state index is -0.312. The average Bonchev–Trinajstić information content (AvgIpc) is 3.12. The first-order chi connectivity index (χ1) is 16.2. The number of amides is 1. The summed E-state index contributed by atoms with van der Waals surface area (Å²) in [6, 6.07) is 21.1. The van der Waals surface area contributed by atoms with Gasteiger partial charge in [0.25, 0.3) is 5.91 Å². The monoisotopic (exact) mass is 435 g/mol. The standard InChI is InChI=1S/C25H21N7O/c26-23-21(25(33)28-14-12-17-7-2-1-3-8-17)22-24(31-20-11-5-4-10-19(20)30-22)32(23)29-16-18-9-6-13-27-15-18/h1-11,13,15-16H,12,14,26H2,(H,28,33)/b29-16+. The van der Waals surface area contributed by atoms with Crippen LogP contribution in [0, 0.1) is 0 Å². The molecule has 1 amide bonds. The zero-order valence-electron chi connectivity index (χ0n) is 17.7. The molecule has 33 heavy (non-hydrogen) atoms. The van der Waals surface area contributed by atoms with E-state index in [0.29, 0.717) is 35.2 Å². The molecule has 0 bridgehead atoms. The SMILES string of the molecule is Nc1c(C(=O)NCCc2ccccc2)c2nc3ccccc3nc2n1/N=C/c1cccnc1. The summed E-state index contributed by atoms with van der Waals surface area (Å²) in [4.78, 5) is 26.6. The third-order valence-electron chi connectivity index (χ3n) is 5.25. The normalized spacial score (nSPS) is 11.4. The van der Waals surface area contributed by atoms with Crippen molar-refractivity contribution in [1.29, 1.82) is 0 Å². The molecule has 3 heterocycles. The van der Waals surface area contributed by atoms with Gasteiger partial charge in [0.05, 0.1) is 17.2 Å². The fraction of sp³-hybridized carbons (Fsp3) is 0.0800. The molecule has 0 fully saturated rings. The first-order valence-electron chi connectivity index (χ1n) is 10.5. The van der Waals surface area contributed by atoms with E-state index in [1.807, 2.05) is 66.7 Å². The summed E-state index contributed by atoms with van der Waals surface area (Å²) in [5.74, 6) is -0.133. The lowest BCUT2D eigenvalue weighted by atomic mass is 10.1. The Hall–Kier alpha value is -4.59. The Labute approximate surface area is 189 Å². The van der Waals surface area contributed by atoms with Crippen LogP contribution in [0.2, 0.25) is 0 Å². The van der Waals surface area contributed by atoms with E-state index < -0.39 is 0 Å². The number of nitrogens with zero attached hydrogens (tertiary/aromatic N) is 5. The van der Waals surface area contributed by atoms with Crippen LogP contribution < -0.4 is 11.1 Å². The third kappa shape index (κ3) is 4.14. The lowest BCUT2D eigenvalue weighted by molar-refractivity contribution is 0.0956. The van der Waals surface area contributed by atoms with Gasteiger partial charge < -0.3 is 11.1 Å². The van der Waals surface area contributed by atoms with Crippen molar-refractivity contribution in [2.75, 3.05) is 12.3 Å².